The molecule has 0 amide bonds. The lowest BCUT2D eigenvalue weighted by molar-refractivity contribution is -0.141. The van der Waals surface area contributed by atoms with Crippen LogP contribution >= 0.6 is 0 Å². The van der Waals surface area contributed by atoms with Crippen LogP contribution in [0.15, 0.2) is 4.90 Å². The maximum absolute atomic E-state index is 12.5. The number of aliphatic carboxylic acids is 1. The normalized spacial score (nSPS) is 13.7. The first-order valence-corrected chi connectivity index (χ1v) is 7.80. The van der Waals surface area contributed by atoms with Crippen LogP contribution in [0.2, 0.25) is 0 Å². The van der Waals surface area contributed by atoms with Crippen LogP contribution in [0.5, 0.6) is 0 Å². The Hall–Kier alpha value is -1.41. The van der Waals surface area contributed by atoms with Gasteiger partial charge in [-0.05, 0) is 20.8 Å². The van der Waals surface area contributed by atoms with E-state index in [9.17, 15) is 13.2 Å². The number of hydrogen-bond acceptors (Lipinski definition) is 4. The van der Waals surface area contributed by atoms with Crippen LogP contribution in [0.25, 0.3) is 0 Å². The van der Waals surface area contributed by atoms with E-state index in [0.29, 0.717) is 17.9 Å². The van der Waals surface area contributed by atoms with E-state index in [1.165, 1.54) is 14.0 Å². The van der Waals surface area contributed by atoms with Crippen molar-refractivity contribution < 1.29 is 18.3 Å². The lowest BCUT2D eigenvalue weighted by atomic mass is 10.2. The molecule has 0 saturated heterocycles. The van der Waals surface area contributed by atoms with Gasteiger partial charge >= 0.3 is 5.97 Å². The van der Waals surface area contributed by atoms with Gasteiger partial charge in [0, 0.05) is 20.1 Å². The largest absolute Gasteiger partial charge is 0.481 e. The Bertz CT molecular complexity index is 606. The van der Waals surface area contributed by atoms with Gasteiger partial charge in [-0.15, -0.1) is 0 Å². The standard InChI is InChI=1S/C12H21N3O4S/c1-6-15-10(4)11(9(3)13-15)20(18,19)14(5)7-8(2)12(16)17/h8H,6-7H2,1-5H3,(H,16,17). The number of rotatable bonds is 6. The van der Waals surface area contributed by atoms with Gasteiger partial charge in [-0.2, -0.15) is 9.40 Å². The first-order chi connectivity index (χ1) is 9.12. The molecule has 1 atom stereocenters. The van der Waals surface area contributed by atoms with E-state index >= 15 is 0 Å². The Balaban J connectivity index is 3.17. The molecule has 0 aliphatic carbocycles. The number of sulfonamides is 1. The molecule has 0 spiro atoms. The molecule has 0 bridgehead atoms. The Kier molecular flexibility index (Phi) is 4.93. The van der Waals surface area contributed by atoms with Gasteiger partial charge in [0.05, 0.1) is 17.3 Å². The van der Waals surface area contributed by atoms with Crippen LogP contribution in [-0.4, -0.2) is 47.2 Å². The van der Waals surface area contributed by atoms with Crippen molar-refractivity contribution in [1.82, 2.24) is 14.1 Å². The van der Waals surface area contributed by atoms with Gasteiger partial charge in [0.15, 0.2) is 0 Å². The molecule has 0 aromatic carbocycles. The van der Waals surface area contributed by atoms with Crippen LogP contribution in [0.4, 0.5) is 0 Å². The second kappa shape index (κ2) is 5.92. The first kappa shape index (κ1) is 16.6. The van der Waals surface area contributed by atoms with Gasteiger partial charge in [-0.25, -0.2) is 8.42 Å². The summed E-state index contributed by atoms with van der Waals surface area (Å²) >= 11 is 0. The molecule has 0 saturated carbocycles. The SMILES string of the molecule is CCn1nc(C)c(S(=O)(=O)N(C)CC(C)C(=O)O)c1C. The summed E-state index contributed by atoms with van der Waals surface area (Å²) in [5.74, 6) is -1.79. The average Bonchev–Trinajstić information content (AvgIpc) is 2.63. The van der Waals surface area contributed by atoms with Crippen molar-refractivity contribution in [3.05, 3.63) is 11.4 Å². The van der Waals surface area contributed by atoms with Gasteiger partial charge in [-0.1, -0.05) is 6.92 Å². The molecule has 0 aliphatic rings. The third-order valence-corrected chi connectivity index (χ3v) is 5.31. The first-order valence-electron chi connectivity index (χ1n) is 6.36. The molecule has 20 heavy (non-hydrogen) atoms. The maximum Gasteiger partial charge on any atom is 0.307 e. The molecular formula is C12H21N3O4S. The van der Waals surface area contributed by atoms with Crippen molar-refractivity contribution >= 4 is 16.0 Å². The minimum absolute atomic E-state index is 0.0755. The fourth-order valence-electron chi connectivity index (χ4n) is 2.08. The predicted octanol–water partition coefficient (Wildman–Crippen LogP) is 0.861. The van der Waals surface area contributed by atoms with Crippen LogP contribution in [0.3, 0.4) is 0 Å². The third-order valence-electron chi connectivity index (χ3n) is 3.24. The molecule has 1 N–H and O–H groups in total. The van der Waals surface area contributed by atoms with Crippen molar-refractivity contribution in [2.24, 2.45) is 5.92 Å². The van der Waals surface area contributed by atoms with Gasteiger partial charge in [0.25, 0.3) is 0 Å². The molecule has 0 radical (unpaired) electrons. The molecule has 1 aromatic heterocycles. The summed E-state index contributed by atoms with van der Waals surface area (Å²) < 4.78 is 27.8. The van der Waals surface area contributed by atoms with Crippen molar-refractivity contribution in [3.8, 4) is 0 Å². The molecule has 1 aromatic rings. The number of aromatic nitrogens is 2. The molecule has 8 heteroatoms. The zero-order valence-electron chi connectivity index (χ0n) is 12.4. The van der Waals surface area contributed by atoms with E-state index in [1.807, 2.05) is 6.92 Å². The van der Waals surface area contributed by atoms with Gasteiger partial charge < -0.3 is 5.11 Å². The zero-order valence-corrected chi connectivity index (χ0v) is 13.2. The fourth-order valence-corrected chi connectivity index (χ4v) is 3.70. The number of carbonyl (C=O) groups is 1. The highest BCUT2D eigenvalue weighted by molar-refractivity contribution is 7.89. The smallest absolute Gasteiger partial charge is 0.307 e. The molecule has 1 heterocycles. The van der Waals surface area contributed by atoms with Crippen LogP contribution in [0, 0.1) is 19.8 Å². The minimum Gasteiger partial charge on any atom is -0.481 e. The molecular weight excluding hydrogens is 282 g/mol. The van der Waals surface area contributed by atoms with Crippen LogP contribution in [-0.2, 0) is 21.4 Å². The van der Waals surface area contributed by atoms with Crippen LogP contribution < -0.4 is 0 Å². The highest BCUT2D eigenvalue weighted by Gasteiger charge is 2.30. The summed E-state index contributed by atoms with van der Waals surface area (Å²) in [6.45, 7) is 7.20. The summed E-state index contributed by atoms with van der Waals surface area (Å²) in [5, 5.41) is 13.1. The van der Waals surface area contributed by atoms with Gasteiger partial charge in [-0.3, -0.25) is 9.48 Å². The molecule has 114 valence electrons. The van der Waals surface area contributed by atoms with Gasteiger partial charge in [0.2, 0.25) is 10.0 Å². The minimum atomic E-state index is -3.73. The zero-order chi connectivity index (χ0) is 15.7. The monoisotopic (exact) mass is 303 g/mol. The van der Waals surface area contributed by atoms with Gasteiger partial charge in [0.1, 0.15) is 4.90 Å². The number of carboxylic acid groups (broad SMARTS) is 1. The third kappa shape index (κ3) is 3.01. The van der Waals surface area contributed by atoms with Crippen molar-refractivity contribution in [2.75, 3.05) is 13.6 Å². The summed E-state index contributed by atoms with van der Waals surface area (Å²) in [4.78, 5) is 11.0. The number of nitrogens with zero attached hydrogens (tertiary/aromatic N) is 3. The Morgan fingerprint density at radius 1 is 1.45 bits per heavy atom. The molecule has 1 unspecified atom stereocenters. The Morgan fingerprint density at radius 2 is 2.00 bits per heavy atom. The van der Waals surface area contributed by atoms with E-state index in [-0.39, 0.29) is 11.4 Å². The molecule has 7 nitrogen and oxygen atoms in total. The van der Waals surface area contributed by atoms with E-state index in [4.69, 9.17) is 5.11 Å². The summed E-state index contributed by atoms with van der Waals surface area (Å²) in [6.07, 6.45) is 0. The van der Waals surface area contributed by atoms with E-state index in [1.54, 1.807) is 18.5 Å². The van der Waals surface area contributed by atoms with Crippen molar-refractivity contribution in [2.45, 2.75) is 39.1 Å². The molecule has 0 fully saturated rings. The Morgan fingerprint density at radius 3 is 2.40 bits per heavy atom. The average molecular weight is 303 g/mol. The predicted molar refractivity (Wildman–Crippen MR) is 74.0 cm³/mol. The number of carboxylic acids is 1. The number of aryl methyl sites for hydroxylation is 2. The second-order valence-corrected chi connectivity index (χ2v) is 6.82. The summed E-state index contributed by atoms with van der Waals surface area (Å²) in [5.41, 5.74) is 0.999. The lowest BCUT2D eigenvalue weighted by Crippen LogP contribution is -2.34. The quantitative estimate of drug-likeness (QED) is 0.841. The van der Waals surface area contributed by atoms with Crippen molar-refractivity contribution in [3.63, 3.8) is 0 Å². The highest BCUT2D eigenvalue weighted by Crippen LogP contribution is 2.23. The Labute approximate surface area is 119 Å². The summed E-state index contributed by atoms with van der Waals surface area (Å²) in [7, 11) is -2.35. The molecule has 1 rings (SSSR count). The van der Waals surface area contributed by atoms with Crippen molar-refractivity contribution in [1.29, 1.82) is 0 Å². The van der Waals surface area contributed by atoms with Crippen LogP contribution in [0.1, 0.15) is 25.2 Å². The number of hydrogen-bond donors (Lipinski definition) is 1. The second-order valence-electron chi connectivity index (χ2n) is 4.84. The molecule has 0 aliphatic heterocycles. The lowest BCUT2D eigenvalue weighted by Gasteiger charge is -2.19. The highest BCUT2D eigenvalue weighted by atomic mass is 32.2. The van der Waals surface area contributed by atoms with E-state index in [2.05, 4.69) is 5.10 Å². The summed E-state index contributed by atoms with van der Waals surface area (Å²) in [6, 6.07) is 0. The van der Waals surface area contributed by atoms with E-state index in [0.717, 1.165) is 4.31 Å². The topological polar surface area (TPSA) is 92.5 Å². The fraction of sp³-hybridized carbons (Fsp3) is 0.667. The maximum atomic E-state index is 12.5. The van der Waals surface area contributed by atoms with E-state index < -0.39 is 21.9 Å².